The number of hydrogen-bond acceptors (Lipinski definition) is 5. The van der Waals surface area contributed by atoms with Gasteiger partial charge in [-0.3, -0.25) is 0 Å². The van der Waals surface area contributed by atoms with Gasteiger partial charge in [0.1, 0.15) is 0 Å². The lowest BCUT2D eigenvalue weighted by molar-refractivity contribution is 0.270. The van der Waals surface area contributed by atoms with Crippen molar-refractivity contribution in [3.8, 4) is 0 Å². The molecule has 0 amide bonds. The second-order valence-corrected chi connectivity index (χ2v) is 7.87. The summed E-state index contributed by atoms with van der Waals surface area (Å²) in [6.45, 7) is -2.93. The van der Waals surface area contributed by atoms with Crippen LogP contribution in [0.15, 0.2) is 11.6 Å². The zero-order valence-electron chi connectivity index (χ0n) is 7.81. The minimum Gasteiger partial charge on any atom is -0.392 e. The van der Waals surface area contributed by atoms with Crippen LogP contribution in [-0.2, 0) is 13.4 Å². The predicted molar refractivity (Wildman–Crippen MR) is 56.3 cm³/mol. The van der Waals surface area contributed by atoms with Crippen LogP contribution in [0.1, 0.15) is 6.92 Å². The van der Waals surface area contributed by atoms with Crippen molar-refractivity contribution in [2.45, 2.75) is 6.92 Å². The first-order valence-electron chi connectivity index (χ1n) is 3.67. The molecule has 0 aliphatic rings. The van der Waals surface area contributed by atoms with E-state index in [2.05, 4.69) is 4.31 Å². The fourth-order valence-electron chi connectivity index (χ4n) is 0.496. The van der Waals surface area contributed by atoms with Gasteiger partial charge in [-0.05, 0) is 18.3 Å². The minimum absolute atomic E-state index is 0.0141. The van der Waals surface area contributed by atoms with Gasteiger partial charge in [-0.1, -0.05) is 11.6 Å². The van der Waals surface area contributed by atoms with Gasteiger partial charge in [0, 0.05) is 5.75 Å². The van der Waals surface area contributed by atoms with Crippen molar-refractivity contribution in [2.75, 3.05) is 12.4 Å². The quantitative estimate of drug-likeness (QED) is 0.416. The number of hydrogen-bond donors (Lipinski definition) is 4. The summed E-state index contributed by atoms with van der Waals surface area (Å²) in [7, 11) is -4.96. The molecule has 0 saturated carbocycles. The van der Waals surface area contributed by atoms with E-state index in [1.165, 1.54) is 6.08 Å². The molecule has 4 N–H and O–H groups in total. The molecule has 0 fully saturated rings. The number of phosphoric acid groups is 1. The van der Waals surface area contributed by atoms with Crippen molar-refractivity contribution < 1.29 is 33.2 Å². The van der Waals surface area contributed by atoms with Gasteiger partial charge in [0.25, 0.3) is 0 Å². The second kappa shape index (κ2) is 6.18. The van der Waals surface area contributed by atoms with Gasteiger partial charge >= 0.3 is 14.6 Å². The van der Waals surface area contributed by atoms with E-state index in [4.69, 9.17) is 19.8 Å². The molecule has 0 aliphatic heterocycles. The molecule has 0 aromatic carbocycles. The first kappa shape index (κ1) is 15.3. The summed E-state index contributed by atoms with van der Waals surface area (Å²) in [5.41, 5.74) is 0.582. The SMILES string of the molecule is C/C(=C\CSP(=O)(O)OP(=O)(O)O)CO. The van der Waals surface area contributed by atoms with Crippen LogP contribution < -0.4 is 0 Å². The Kier molecular flexibility index (Phi) is 6.32. The lowest BCUT2D eigenvalue weighted by Crippen LogP contribution is -1.87. The average molecular weight is 278 g/mol. The maximum atomic E-state index is 11.0. The van der Waals surface area contributed by atoms with Crippen LogP contribution in [0, 0.1) is 0 Å². The molecule has 10 heteroatoms. The average Bonchev–Trinajstić information content (AvgIpc) is 1.98. The highest BCUT2D eigenvalue weighted by molar-refractivity contribution is 8.55. The Morgan fingerprint density at radius 1 is 1.40 bits per heavy atom. The van der Waals surface area contributed by atoms with E-state index >= 15 is 0 Å². The van der Waals surface area contributed by atoms with Gasteiger partial charge in [0.2, 0.25) is 0 Å². The molecule has 1 atom stereocenters. The van der Waals surface area contributed by atoms with Gasteiger partial charge in [0.15, 0.2) is 0 Å². The lowest BCUT2D eigenvalue weighted by Gasteiger charge is -2.10. The Morgan fingerprint density at radius 2 is 1.93 bits per heavy atom. The molecule has 1 unspecified atom stereocenters. The molecule has 0 aromatic rings. The van der Waals surface area contributed by atoms with E-state index in [9.17, 15) is 9.13 Å². The van der Waals surface area contributed by atoms with Crippen molar-refractivity contribution in [1.29, 1.82) is 0 Å². The summed E-state index contributed by atoms with van der Waals surface area (Å²) in [6, 6.07) is 0. The van der Waals surface area contributed by atoms with E-state index in [0.717, 1.165) is 0 Å². The summed E-state index contributed by atoms with van der Waals surface area (Å²) in [4.78, 5) is 25.5. The topological polar surface area (TPSA) is 124 Å². The number of aliphatic hydroxyl groups excluding tert-OH is 1. The van der Waals surface area contributed by atoms with E-state index in [1.54, 1.807) is 6.92 Å². The first-order chi connectivity index (χ1) is 6.66. The van der Waals surface area contributed by atoms with Gasteiger partial charge in [-0.25, -0.2) is 9.13 Å². The van der Waals surface area contributed by atoms with Crippen LogP contribution in [0.4, 0.5) is 0 Å². The monoisotopic (exact) mass is 278 g/mol. The molecule has 0 heterocycles. The van der Waals surface area contributed by atoms with Crippen molar-refractivity contribution >= 4 is 26.0 Å². The van der Waals surface area contributed by atoms with Gasteiger partial charge in [-0.15, -0.1) is 0 Å². The highest BCUT2D eigenvalue weighted by Gasteiger charge is 2.30. The maximum Gasteiger partial charge on any atom is 0.477 e. The van der Waals surface area contributed by atoms with E-state index in [1.807, 2.05) is 0 Å². The van der Waals surface area contributed by atoms with Crippen LogP contribution in [0.3, 0.4) is 0 Å². The second-order valence-electron chi connectivity index (χ2n) is 2.55. The summed E-state index contributed by atoms with van der Waals surface area (Å²) < 4.78 is 25.0. The largest absolute Gasteiger partial charge is 0.477 e. The molecule has 0 bridgehead atoms. The third-order valence-corrected chi connectivity index (χ3v) is 5.47. The van der Waals surface area contributed by atoms with Crippen molar-refractivity contribution in [2.24, 2.45) is 0 Å². The van der Waals surface area contributed by atoms with Crippen molar-refractivity contribution in [3.05, 3.63) is 11.6 Å². The molecule has 15 heavy (non-hydrogen) atoms. The summed E-state index contributed by atoms with van der Waals surface area (Å²) >= 11 is 0.358. The molecule has 0 saturated heterocycles. The molecule has 0 spiro atoms. The van der Waals surface area contributed by atoms with Crippen LogP contribution in [0.5, 0.6) is 0 Å². The van der Waals surface area contributed by atoms with Crippen LogP contribution in [0.2, 0.25) is 0 Å². The Morgan fingerprint density at radius 3 is 2.33 bits per heavy atom. The summed E-state index contributed by atoms with van der Waals surface area (Å²) in [5, 5.41) is 8.59. The zero-order valence-corrected chi connectivity index (χ0v) is 10.4. The van der Waals surface area contributed by atoms with Crippen LogP contribution in [0.25, 0.3) is 0 Å². The highest BCUT2D eigenvalue weighted by Crippen LogP contribution is 2.64. The normalized spacial score (nSPS) is 17.5. The van der Waals surface area contributed by atoms with E-state index in [-0.39, 0.29) is 12.4 Å². The Bertz CT molecular complexity index is 321. The molecule has 7 nitrogen and oxygen atoms in total. The van der Waals surface area contributed by atoms with Crippen molar-refractivity contribution in [1.82, 2.24) is 0 Å². The third-order valence-electron chi connectivity index (χ3n) is 1.13. The fraction of sp³-hybridized carbons (Fsp3) is 0.600. The Hall–Kier alpha value is 0.350. The molecule has 0 rings (SSSR count). The summed E-state index contributed by atoms with van der Waals surface area (Å²) in [5.74, 6) is 0.0141. The van der Waals surface area contributed by atoms with E-state index in [0.29, 0.717) is 17.0 Å². The number of rotatable bonds is 6. The van der Waals surface area contributed by atoms with Gasteiger partial charge in [-0.2, -0.15) is 4.31 Å². The lowest BCUT2D eigenvalue weighted by atomic mass is 10.3. The molecule has 0 aliphatic carbocycles. The molecule has 90 valence electrons. The number of aliphatic hydroxyl groups is 1. The summed E-state index contributed by atoms with van der Waals surface area (Å²) in [6.07, 6.45) is 1.45. The molecular formula is C5H12O7P2S. The van der Waals surface area contributed by atoms with Crippen LogP contribution >= 0.6 is 26.0 Å². The molecule has 0 radical (unpaired) electrons. The van der Waals surface area contributed by atoms with Crippen LogP contribution in [-0.4, -0.2) is 32.1 Å². The molecule has 0 aromatic heterocycles. The Labute approximate surface area is 90.7 Å². The molecular weight excluding hydrogens is 266 g/mol. The third kappa shape index (κ3) is 9.29. The van der Waals surface area contributed by atoms with Crippen molar-refractivity contribution in [3.63, 3.8) is 0 Å². The highest BCUT2D eigenvalue weighted by atomic mass is 32.7. The first-order valence-corrected chi connectivity index (χ1v) is 8.37. The predicted octanol–water partition coefficient (Wildman–Crippen LogP) is 0.868. The standard InChI is InChI=1S/C5H12O7P2S/c1-5(4-6)2-3-15-14(10,11)12-13(7,8)9/h2,6H,3-4H2,1H3,(H,10,11)(H2,7,8,9)/b5-2+. The van der Waals surface area contributed by atoms with Gasteiger partial charge in [0.05, 0.1) is 6.61 Å². The Balaban J connectivity index is 4.18. The smallest absolute Gasteiger partial charge is 0.392 e. The van der Waals surface area contributed by atoms with Gasteiger partial charge < -0.3 is 19.8 Å². The fourth-order valence-corrected chi connectivity index (χ4v) is 4.30. The maximum absolute atomic E-state index is 11.0. The zero-order chi connectivity index (χ0) is 12.1. The minimum atomic E-state index is -4.96. The van der Waals surface area contributed by atoms with E-state index < -0.39 is 14.6 Å².